The standard InChI is InChI=1S/C18H24N2S/c1-18(10-6-3-7-11-18)16(19)12-17-20-15(13-21-17)14-8-4-2-5-9-14/h2,4-5,8-9,13,16H,3,6-7,10-12,19H2,1H3. The molecule has 3 rings (SSSR count). The zero-order valence-electron chi connectivity index (χ0n) is 12.7. The Morgan fingerprint density at radius 2 is 1.90 bits per heavy atom. The highest BCUT2D eigenvalue weighted by molar-refractivity contribution is 7.09. The molecule has 1 fully saturated rings. The Bertz CT molecular complexity index is 570. The van der Waals surface area contributed by atoms with Gasteiger partial charge >= 0.3 is 0 Å². The topological polar surface area (TPSA) is 38.9 Å². The van der Waals surface area contributed by atoms with Crippen LogP contribution in [0.4, 0.5) is 0 Å². The van der Waals surface area contributed by atoms with Gasteiger partial charge in [-0.1, -0.05) is 56.5 Å². The van der Waals surface area contributed by atoms with E-state index in [0.29, 0.717) is 5.41 Å². The minimum Gasteiger partial charge on any atom is -0.327 e. The monoisotopic (exact) mass is 300 g/mol. The molecule has 1 aromatic heterocycles. The first-order valence-electron chi connectivity index (χ1n) is 7.93. The van der Waals surface area contributed by atoms with Crippen molar-refractivity contribution in [2.75, 3.05) is 0 Å². The van der Waals surface area contributed by atoms with Crippen molar-refractivity contribution in [3.63, 3.8) is 0 Å². The fraction of sp³-hybridized carbons (Fsp3) is 0.500. The van der Waals surface area contributed by atoms with Crippen LogP contribution in [0.25, 0.3) is 11.3 Å². The van der Waals surface area contributed by atoms with Crippen LogP contribution in [0.2, 0.25) is 0 Å². The summed E-state index contributed by atoms with van der Waals surface area (Å²) in [5.41, 5.74) is 9.10. The van der Waals surface area contributed by atoms with Gasteiger partial charge in [0.05, 0.1) is 10.7 Å². The molecule has 21 heavy (non-hydrogen) atoms. The van der Waals surface area contributed by atoms with Crippen molar-refractivity contribution in [3.05, 3.63) is 40.7 Å². The molecule has 3 heteroatoms. The Labute approximate surface area is 131 Å². The molecule has 1 aromatic carbocycles. The van der Waals surface area contributed by atoms with Crippen molar-refractivity contribution in [1.82, 2.24) is 4.98 Å². The van der Waals surface area contributed by atoms with Crippen LogP contribution < -0.4 is 5.73 Å². The van der Waals surface area contributed by atoms with Gasteiger partial charge in [0.25, 0.3) is 0 Å². The summed E-state index contributed by atoms with van der Waals surface area (Å²) >= 11 is 1.74. The van der Waals surface area contributed by atoms with Gasteiger partial charge in [0.1, 0.15) is 0 Å². The van der Waals surface area contributed by atoms with E-state index in [4.69, 9.17) is 10.7 Å². The predicted octanol–water partition coefficient (Wildman–Crippen LogP) is 4.65. The molecule has 0 bridgehead atoms. The second-order valence-corrected chi connectivity index (χ2v) is 7.46. The third kappa shape index (κ3) is 3.35. The number of hydrogen-bond donors (Lipinski definition) is 1. The molecule has 1 saturated carbocycles. The molecule has 0 radical (unpaired) electrons. The molecule has 112 valence electrons. The van der Waals surface area contributed by atoms with Crippen LogP contribution in [0.5, 0.6) is 0 Å². The number of rotatable bonds is 4. The lowest BCUT2D eigenvalue weighted by Crippen LogP contribution is -2.42. The maximum atomic E-state index is 6.53. The van der Waals surface area contributed by atoms with Crippen LogP contribution in [0, 0.1) is 5.41 Å². The molecule has 0 spiro atoms. The van der Waals surface area contributed by atoms with E-state index in [1.807, 2.05) is 6.07 Å². The lowest BCUT2D eigenvalue weighted by Gasteiger charge is -2.38. The zero-order valence-corrected chi connectivity index (χ0v) is 13.5. The molecule has 2 aromatic rings. The van der Waals surface area contributed by atoms with Crippen LogP contribution in [0.15, 0.2) is 35.7 Å². The largest absolute Gasteiger partial charge is 0.327 e. The van der Waals surface area contributed by atoms with Gasteiger partial charge in [0, 0.05) is 23.4 Å². The van der Waals surface area contributed by atoms with Gasteiger partial charge in [-0.2, -0.15) is 0 Å². The fourth-order valence-electron chi connectivity index (χ4n) is 3.31. The first kappa shape index (κ1) is 14.7. The van der Waals surface area contributed by atoms with E-state index in [9.17, 15) is 0 Å². The molecule has 1 aliphatic rings. The van der Waals surface area contributed by atoms with Crippen LogP contribution in [0.3, 0.4) is 0 Å². The van der Waals surface area contributed by atoms with Crippen molar-refractivity contribution in [2.45, 2.75) is 51.5 Å². The van der Waals surface area contributed by atoms with Gasteiger partial charge in [0.15, 0.2) is 0 Å². The van der Waals surface area contributed by atoms with Gasteiger partial charge in [0.2, 0.25) is 0 Å². The van der Waals surface area contributed by atoms with Crippen molar-refractivity contribution < 1.29 is 0 Å². The van der Waals surface area contributed by atoms with Crippen molar-refractivity contribution in [2.24, 2.45) is 11.1 Å². The Kier molecular flexibility index (Phi) is 4.41. The molecule has 1 heterocycles. The second kappa shape index (κ2) is 6.29. The SMILES string of the molecule is CC1(C(N)Cc2nc(-c3ccccc3)cs2)CCCCC1. The Morgan fingerprint density at radius 1 is 1.19 bits per heavy atom. The van der Waals surface area contributed by atoms with E-state index in [1.165, 1.54) is 42.7 Å². The molecular formula is C18H24N2S. The quantitative estimate of drug-likeness (QED) is 0.892. The summed E-state index contributed by atoms with van der Waals surface area (Å²) < 4.78 is 0. The summed E-state index contributed by atoms with van der Waals surface area (Å²) in [6.07, 6.45) is 7.48. The zero-order chi connectivity index (χ0) is 14.7. The molecule has 0 saturated heterocycles. The van der Waals surface area contributed by atoms with Crippen molar-refractivity contribution in [1.29, 1.82) is 0 Å². The highest BCUT2D eigenvalue weighted by Gasteiger charge is 2.33. The van der Waals surface area contributed by atoms with Crippen LogP contribution in [-0.4, -0.2) is 11.0 Å². The summed E-state index contributed by atoms with van der Waals surface area (Å²) in [5, 5.41) is 3.33. The van der Waals surface area contributed by atoms with E-state index < -0.39 is 0 Å². The molecule has 1 unspecified atom stereocenters. The highest BCUT2D eigenvalue weighted by atomic mass is 32.1. The maximum absolute atomic E-state index is 6.53. The highest BCUT2D eigenvalue weighted by Crippen LogP contribution is 2.39. The molecule has 0 aliphatic heterocycles. The normalized spacial score (nSPS) is 19.3. The average Bonchev–Trinajstić information content (AvgIpc) is 2.97. The average molecular weight is 300 g/mol. The summed E-state index contributed by atoms with van der Waals surface area (Å²) in [6, 6.07) is 10.6. The number of benzene rings is 1. The summed E-state index contributed by atoms with van der Waals surface area (Å²) in [5.74, 6) is 0. The van der Waals surface area contributed by atoms with Crippen LogP contribution >= 0.6 is 11.3 Å². The third-order valence-corrected chi connectivity index (χ3v) is 5.78. The summed E-state index contributed by atoms with van der Waals surface area (Å²) in [7, 11) is 0. The Balaban J connectivity index is 1.69. The first-order valence-corrected chi connectivity index (χ1v) is 8.81. The Hall–Kier alpha value is -1.19. The van der Waals surface area contributed by atoms with Crippen LogP contribution in [-0.2, 0) is 6.42 Å². The van der Waals surface area contributed by atoms with E-state index in [1.54, 1.807) is 11.3 Å². The van der Waals surface area contributed by atoms with Gasteiger partial charge < -0.3 is 5.73 Å². The minimum atomic E-state index is 0.229. The van der Waals surface area contributed by atoms with E-state index >= 15 is 0 Å². The molecule has 2 N–H and O–H groups in total. The molecule has 0 amide bonds. The minimum absolute atomic E-state index is 0.229. The number of aromatic nitrogens is 1. The van der Waals surface area contributed by atoms with Gasteiger partial charge in [-0.05, 0) is 18.3 Å². The molecule has 1 atom stereocenters. The van der Waals surface area contributed by atoms with E-state index in [-0.39, 0.29) is 6.04 Å². The third-order valence-electron chi connectivity index (χ3n) is 4.91. The molecule has 1 aliphatic carbocycles. The predicted molar refractivity (Wildman–Crippen MR) is 90.4 cm³/mol. The fourth-order valence-corrected chi connectivity index (χ4v) is 4.17. The summed E-state index contributed by atoms with van der Waals surface area (Å²) in [6.45, 7) is 2.36. The molecular weight excluding hydrogens is 276 g/mol. The van der Waals surface area contributed by atoms with E-state index in [0.717, 1.165) is 12.1 Å². The smallest absolute Gasteiger partial charge is 0.0948 e. The number of hydrogen-bond acceptors (Lipinski definition) is 3. The van der Waals surface area contributed by atoms with Crippen LogP contribution in [0.1, 0.15) is 44.0 Å². The molecule has 2 nitrogen and oxygen atoms in total. The van der Waals surface area contributed by atoms with Gasteiger partial charge in [-0.3, -0.25) is 0 Å². The lowest BCUT2D eigenvalue weighted by atomic mass is 9.70. The lowest BCUT2D eigenvalue weighted by molar-refractivity contribution is 0.168. The van der Waals surface area contributed by atoms with Crippen molar-refractivity contribution in [3.8, 4) is 11.3 Å². The maximum Gasteiger partial charge on any atom is 0.0948 e. The second-order valence-electron chi connectivity index (χ2n) is 6.52. The van der Waals surface area contributed by atoms with Crippen molar-refractivity contribution >= 4 is 11.3 Å². The van der Waals surface area contributed by atoms with Gasteiger partial charge in [-0.15, -0.1) is 11.3 Å². The first-order chi connectivity index (χ1) is 10.2. The number of thiazole rings is 1. The van der Waals surface area contributed by atoms with E-state index in [2.05, 4.69) is 36.6 Å². The number of nitrogens with zero attached hydrogens (tertiary/aromatic N) is 1. The van der Waals surface area contributed by atoms with Gasteiger partial charge in [-0.25, -0.2) is 4.98 Å². The summed E-state index contributed by atoms with van der Waals surface area (Å²) in [4.78, 5) is 4.78. The number of nitrogens with two attached hydrogens (primary N) is 1. The Morgan fingerprint density at radius 3 is 2.62 bits per heavy atom.